The van der Waals surface area contributed by atoms with Gasteiger partial charge in [-0.3, -0.25) is 9.59 Å². The Morgan fingerprint density at radius 1 is 0.973 bits per heavy atom. The molecule has 1 amide bonds. The van der Waals surface area contributed by atoms with E-state index in [9.17, 15) is 9.59 Å². The highest BCUT2D eigenvalue weighted by molar-refractivity contribution is 5.99. The standard InChI is InChI=1S/C30H38N2O5/c1-7-9-15-36-23-12-11-21(18-25(23)35-8-2)27-26-28(33)22-16-19(3)20(4)17-24(22)37-29(26)30(34)32(27)14-10-13-31(5)6/h11-12,16-18,27H,7-10,13-15H2,1-6H3. The first kappa shape index (κ1) is 26.7. The molecule has 0 radical (unpaired) electrons. The molecule has 1 aliphatic rings. The molecule has 0 aliphatic carbocycles. The summed E-state index contributed by atoms with van der Waals surface area (Å²) in [5, 5.41) is 0.499. The summed E-state index contributed by atoms with van der Waals surface area (Å²) in [5.74, 6) is 1.16. The predicted octanol–water partition coefficient (Wildman–Crippen LogP) is 5.48. The van der Waals surface area contributed by atoms with E-state index in [2.05, 4.69) is 11.8 Å². The molecule has 1 aromatic heterocycles. The van der Waals surface area contributed by atoms with Crippen molar-refractivity contribution >= 4 is 16.9 Å². The summed E-state index contributed by atoms with van der Waals surface area (Å²) >= 11 is 0. The van der Waals surface area contributed by atoms with E-state index in [0.717, 1.165) is 42.5 Å². The minimum atomic E-state index is -0.559. The molecule has 0 N–H and O–H groups in total. The van der Waals surface area contributed by atoms with Crippen LogP contribution in [0.4, 0.5) is 0 Å². The Kier molecular flexibility index (Phi) is 8.22. The van der Waals surface area contributed by atoms with Gasteiger partial charge in [-0.2, -0.15) is 0 Å². The van der Waals surface area contributed by atoms with Crippen LogP contribution in [0.2, 0.25) is 0 Å². The fraction of sp³-hybridized carbons (Fsp3) is 0.467. The van der Waals surface area contributed by atoms with E-state index < -0.39 is 6.04 Å². The van der Waals surface area contributed by atoms with Crippen LogP contribution in [0.5, 0.6) is 11.5 Å². The van der Waals surface area contributed by atoms with Crippen LogP contribution in [0.1, 0.15) is 72.0 Å². The number of rotatable bonds is 11. The van der Waals surface area contributed by atoms with E-state index in [-0.39, 0.29) is 17.1 Å². The van der Waals surface area contributed by atoms with Gasteiger partial charge in [0.2, 0.25) is 5.76 Å². The Morgan fingerprint density at radius 2 is 1.73 bits per heavy atom. The third kappa shape index (κ3) is 5.37. The Bertz CT molecular complexity index is 1340. The molecule has 4 rings (SSSR count). The van der Waals surface area contributed by atoms with Crippen molar-refractivity contribution in [1.82, 2.24) is 9.80 Å². The second-order valence-corrected chi connectivity index (χ2v) is 10.0. The molecule has 1 atom stereocenters. The van der Waals surface area contributed by atoms with Crippen molar-refractivity contribution in [1.29, 1.82) is 0 Å². The largest absolute Gasteiger partial charge is 0.490 e. The first-order valence-corrected chi connectivity index (χ1v) is 13.2. The average Bonchev–Trinajstić information content (AvgIpc) is 3.13. The number of carbonyl (C=O) groups excluding carboxylic acids is 1. The van der Waals surface area contributed by atoms with Gasteiger partial charge in [0.25, 0.3) is 5.91 Å². The molecule has 2 aromatic carbocycles. The van der Waals surface area contributed by atoms with Crippen LogP contribution in [0.15, 0.2) is 39.5 Å². The number of amides is 1. The molecule has 3 aromatic rings. The normalized spacial score (nSPS) is 15.1. The molecule has 2 heterocycles. The molecular weight excluding hydrogens is 468 g/mol. The fourth-order valence-electron chi connectivity index (χ4n) is 4.82. The summed E-state index contributed by atoms with van der Waals surface area (Å²) in [4.78, 5) is 31.4. The van der Waals surface area contributed by atoms with Crippen molar-refractivity contribution in [2.24, 2.45) is 0 Å². The van der Waals surface area contributed by atoms with Crippen LogP contribution in [0.3, 0.4) is 0 Å². The molecule has 0 saturated heterocycles. The van der Waals surface area contributed by atoms with Crippen LogP contribution in [-0.2, 0) is 0 Å². The van der Waals surface area contributed by atoms with Crippen molar-refractivity contribution < 1.29 is 18.7 Å². The maximum Gasteiger partial charge on any atom is 0.290 e. The van der Waals surface area contributed by atoms with Gasteiger partial charge in [0.05, 0.1) is 30.2 Å². The summed E-state index contributed by atoms with van der Waals surface area (Å²) in [5.41, 5.74) is 3.51. The lowest BCUT2D eigenvalue weighted by Gasteiger charge is -2.26. The average molecular weight is 507 g/mol. The van der Waals surface area contributed by atoms with Crippen molar-refractivity contribution in [3.63, 3.8) is 0 Å². The first-order valence-electron chi connectivity index (χ1n) is 13.2. The number of benzene rings is 2. The zero-order chi connectivity index (χ0) is 26.7. The van der Waals surface area contributed by atoms with Gasteiger partial charge < -0.3 is 23.7 Å². The summed E-state index contributed by atoms with van der Waals surface area (Å²) in [6, 6.07) is 8.87. The molecule has 0 fully saturated rings. The number of carbonyl (C=O) groups is 1. The van der Waals surface area contributed by atoms with Gasteiger partial charge in [0, 0.05) is 6.54 Å². The van der Waals surface area contributed by atoms with Crippen LogP contribution in [-0.4, -0.2) is 56.1 Å². The van der Waals surface area contributed by atoms with E-state index >= 15 is 0 Å². The number of fused-ring (bicyclic) bond motifs is 2. The maximum atomic E-state index is 13.9. The predicted molar refractivity (Wildman–Crippen MR) is 146 cm³/mol. The lowest BCUT2D eigenvalue weighted by molar-refractivity contribution is 0.0722. The number of aryl methyl sites for hydroxylation is 2. The van der Waals surface area contributed by atoms with Gasteiger partial charge in [-0.1, -0.05) is 19.4 Å². The summed E-state index contributed by atoms with van der Waals surface area (Å²) in [6.07, 6.45) is 2.75. The fourth-order valence-corrected chi connectivity index (χ4v) is 4.82. The lowest BCUT2D eigenvalue weighted by Crippen LogP contribution is -2.32. The molecule has 198 valence electrons. The van der Waals surface area contributed by atoms with Crippen LogP contribution >= 0.6 is 0 Å². The zero-order valence-electron chi connectivity index (χ0n) is 22.8. The minimum absolute atomic E-state index is 0.136. The third-order valence-electron chi connectivity index (χ3n) is 6.93. The molecule has 7 heteroatoms. The van der Waals surface area contributed by atoms with Crippen molar-refractivity contribution in [3.05, 3.63) is 68.6 Å². The van der Waals surface area contributed by atoms with E-state index in [1.807, 2.05) is 65.2 Å². The Hall–Kier alpha value is -3.32. The molecular formula is C30H38N2O5. The van der Waals surface area contributed by atoms with Crippen LogP contribution < -0.4 is 14.9 Å². The quantitative estimate of drug-likeness (QED) is 0.321. The molecule has 1 aliphatic heterocycles. The SMILES string of the molecule is CCCCOc1ccc(C2c3c(oc4cc(C)c(C)cc4c3=O)C(=O)N2CCCN(C)C)cc1OCC. The van der Waals surface area contributed by atoms with Crippen LogP contribution in [0.25, 0.3) is 11.0 Å². The molecule has 37 heavy (non-hydrogen) atoms. The minimum Gasteiger partial charge on any atom is -0.490 e. The van der Waals surface area contributed by atoms with Gasteiger partial charge in [0.1, 0.15) is 5.58 Å². The molecule has 0 bridgehead atoms. The number of hydrogen-bond acceptors (Lipinski definition) is 6. The van der Waals surface area contributed by atoms with Gasteiger partial charge in [-0.05, 0) is 95.2 Å². The number of unbranched alkanes of at least 4 members (excludes halogenated alkanes) is 1. The van der Waals surface area contributed by atoms with Gasteiger partial charge >= 0.3 is 0 Å². The van der Waals surface area contributed by atoms with E-state index in [4.69, 9.17) is 13.9 Å². The number of ether oxygens (including phenoxy) is 2. The van der Waals surface area contributed by atoms with Crippen LogP contribution in [0, 0.1) is 13.8 Å². The summed E-state index contributed by atoms with van der Waals surface area (Å²) < 4.78 is 18.0. The van der Waals surface area contributed by atoms with E-state index in [1.54, 1.807) is 4.90 Å². The lowest BCUT2D eigenvalue weighted by atomic mass is 9.97. The highest BCUT2D eigenvalue weighted by Gasteiger charge is 2.42. The van der Waals surface area contributed by atoms with Crippen molar-refractivity contribution in [3.8, 4) is 11.5 Å². The zero-order valence-corrected chi connectivity index (χ0v) is 22.8. The summed E-state index contributed by atoms with van der Waals surface area (Å²) in [7, 11) is 4.01. The van der Waals surface area contributed by atoms with Crippen molar-refractivity contribution in [2.45, 2.75) is 53.0 Å². The molecule has 0 saturated carbocycles. The molecule has 7 nitrogen and oxygen atoms in total. The number of hydrogen-bond donors (Lipinski definition) is 0. The maximum absolute atomic E-state index is 13.9. The Labute approximate surface area is 219 Å². The number of nitrogens with zero attached hydrogens (tertiary/aromatic N) is 2. The topological polar surface area (TPSA) is 72.2 Å². The van der Waals surface area contributed by atoms with E-state index in [1.165, 1.54) is 0 Å². The first-order chi connectivity index (χ1) is 17.8. The smallest absolute Gasteiger partial charge is 0.290 e. The van der Waals surface area contributed by atoms with E-state index in [0.29, 0.717) is 47.8 Å². The van der Waals surface area contributed by atoms with Gasteiger partial charge in [-0.15, -0.1) is 0 Å². The molecule has 1 unspecified atom stereocenters. The molecule has 0 spiro atoms. The Morgan fingerprint density at radius 3 is 2.43 bits per heavy atom. The second-order valence-electron chi connectivity index (χ2n) is 10.0. The monoisotopic (exact) mass is 506 g/mol. The van der Waals surface area contributed by atoms with Gasteiger partial charge in [0.15, 0.2) is 16.9 Å². The highest BCUT2D eigenvalue weighted by atomic mass is 16.5. The summed E-state index contributed by atoms with van der Waals surface area (Å²) in [6.45, 7) is 10.4. The third-order valence-corrected chi connectivity index (χ3v) is 6.93. The highest BCUT2D eigenvalue weighted by Crippen LogP contribution is 2.41. The Balaban J connectivity index is 1.85. The van der Waals surface area contributed by atoms with Crippen molar-refractivity contribution in [2.75, 3.05) is 40.4 Å². The van der Waals surface area contributed by atoms with Gasteiger partial charge in [-0.25, -0.2) is 0 Å². The second kappa shape index (κ2) is 11.4.